The van der Waals surface area contributed by atoms with Crippen LogP contribution in [-0.4, -0.2) is 193 Å². The Hall–Kier alpha value is -2.51. The highest BCUT2D eigenvalue weighted by Crippen LogP contribution is 2.33. The molecule has 590 valence electrons. The molecule has 3 fully saturated rings. The first-order valence-corrected chi connectivity index (χ1v) is 41.0. The highest BCUT2D eigenvalue weighted by Gasteiger charge is 2.54. The van der Waals surface area contributed by atoms with E-state index in [1.54, 1.807) is 6.08 Å². The van der Waals surface area contributed by atoms with Crippen LogP contribution >= 0.6 is 0 Å². The molecule has 19 nitrogen and oxygen atoms in total. The fourth-order valence-electron chi connectivity index (χ4n) is 13.8. The lowest BCUT2D eigenvalue weighted by atomic mass is 9.96. The van der Waals surface area contributed by atoms with Gasteiger partial charge in [0.1, 0.15) is 73.2 Å². The van der Waals surface area contributed by atoms with Crippen LogP contribution in [0.4, 0.5) is 0 Å². The van der Waals surface area contributed by atoms with Crippen molar-refractivity contribution in [3.63, 3.8) is 0 Å². The summed E-state index contributed by atoms with van der Waals surface area (Å²) < 4.78 is 34.5. The molecular weight excluding hydrogens is 1290 g/mol. The summed E-state index contributed by atoms with van der Waals surface area (Å²) in [5.41, 5.74) is 0. The second kappa shape index (κ2) is 62.5. The minimum absolute atomic E-state index is 0.236. The molecule has 17 unspecified atom stereocenters. The maximum atomic E-state index is 13.5. The van der Waals surface area contributed by atoms with Gasteiger partial charge in [-0.15, -0.1) is 0 Å². The molecule has 0 aromatic carbocycles. The lowest BCUT2D eigenvalue weighted by Crippen LogP contribution is -2.66. The van der Waals surface area contributed by atoms with Gasteiger partial charge in [-0.05, 0) is 57.8 Å². The molecule has 17 atom stereocenters. The topological polar surface area (TPSA) is 307 Å². The van der Waals surface area contributed by atoms with Gasteiger partial charge in [-0.25, -0.2) is 0 Å². The molecule has 0 spiro atoms. The predicted molar refractivity (Wildman–Crippen MR) is 402 cm³/mol. The minimum Gasteiger partial charge on any atom is -0.394 e. The zero-order valence-corrected chi connectivity index (χ0v) is 63.1. The second-order valence-electron chi connectivity index (χ2n) is 29.2. The fraction of sp³-hybridized carbons (Fsp3) is 0.866. The van der Waals surface area contributed by atoms with E-state index in [0.717, 1.165) is 83.5 Å². The normalized spacial score (nSPS) is 26.6. The molecule has 3 heterocycles. The van der Waals surface area contributed by atoms with Gasteiger partial charge >= 0.3 is 0 Å². The van der Waals surface area contributed by atoms with Crippen molar-refractivity contribution in [1.82, 2.24) is 5.32 Å². The van der Waals surface area contributed by atoms with E-state index in [2.05, 4.69) is 67.8 Å². The van der Waals surface area contributed by atoms with Crippen molar-refractivity contribution in [2.45, 2.75) is 426 Å². The van der Waals surface area contributed by atoms with E-state index in [-0.39, 0.29) is 18.9 Å². The van der Waals surface area contributed by atoms with Gasteiger partial charge in [0.05, 0.1) is 38.6 Å². The van der Waals surface area contributed by atoms with Crippen LogP contribution in [-0.2, 0) is 33.2 Å². The lowest BCUT2D eigenvalue weighted by molar-refractivity contribution is -0.379. The molecule has 3 saturated heterocycles. The van der Waals surface area contributed by atoms with Crippen molar-refractivity contribution in [3.05, 3.63) is 60.8 Å². The number of amides is 1. The first kappa shape index (κ1) is 92.7. The largest absolute Gasteiger partial charge is 0.394 e. The Morgan fingerprint density at radius 3 is 1.07 bits per heavy atom. The molecule has 101 heavy (non-hydrogen) atoms. The highest BCUT2D eigenvalue weighted by molar-refractivity contribution is 5.76. The third-order valence-electron chi connectivity index (χ3n) is 20.3. The monoisotopic (exact) mass is 1440 g/mol. The zero-order valence-electron chi connectivity index (χ0n) is 63.1. The zero-order chi connectivity index (χ0) is 73.2. The molecule has 3 aliphatic heterocycles. The molecule has 1 amide bonds. The van der Waals surface area contributed by atoms with Crippen molar-refractivity contribution >= 4 is 5.91 Å². The third-order valence-corrected chi connectivity index (χ3v) is 20.3. The number of aliphatic hydroxyl groups is 11. The first-order valence-electron chi connectivity index (χ1n) is 41.0. The molecule has 0 aromatic rings. The standard InChI is InChI=1S/C82H149NO18/c1-3-5-7-9-11-13-15-17-19-21-23-25-27-28-29-30-31-32-33-34-35-36-38-39-41-43-45-47-49-51-53-55-57-59-66(87)65(83-70(88)60-58-56-54-52-50-48-46-44-42-40-37-26-24-22-20-18-16-14-12-10-8-6-4-2)64-96-80-76(94)73(91)78(68(62-85)98-80)101-82-77(95)74(92)79(69(63-86)99-82)100-81-75(93)72(90)71(89)67(61-84)97-81/h6,8,12,14,18,20,24,26,57,59,65-69,71-82,84-87,89-95H,3-5,7,9-11,13,15-17,19,21-23,25,27-56,58,60-64H2,1-2H3,(H,83,88)/b8-6-,14-12-,20-18-,26-24-,59-57+. The average Bonchev–Trinajstić information content (AvgIpc) is 0.782. The van der Waals surface area contributed by atoms with Crippen LogP contribution in [0.25, 0.3) is 0 Å². The Labute approximate surface area is 611 Å². The van der Waals surface area contributed by atoms with E-state index in [1.807, 2.05) is 6.08 Å². The summed E-state index contributed by atoms with van der Waals surface area (Å²) in [5, 5.41) is 121. The highest BCUT2D eigenvalue weighted by atomic mass is 16.8. The number of hydrogen-bond donors (Lipinski definition) is 12. The van der Waals surface area contributed by atoms with E-state index in [9.17, 15) is 61.0 Å². The van der Waals surface area contributed by atoms with Gasteiger partial charge in [-0.1, -0.05) is 319 Å². The summed E-state index contributed by atoms with van der Waals surface area (Å²) in [6.07, 6.45) is 53.6. The number of carbonyl (C=O) groups is 1. The Balaban J connectivity index is 1.36. The van der Waals surface area contributed by atoms with E-state index < -0.39 is 124 Å². The van der Waals surface area contributed by atoms with Gasteiger partial charge in [-0.2, -0.15) is 0 Å². The Kier molecular flexibility index (Phi) is 57.4. The predicted octanol–water partition coefficient (Wildman–Crippen LogP) is 13.8. The van der Waals surface area contributed by atoms with Crippen molar-refractivity contribution in [3.8, 4) is 0 Å². The Morgan fingerprint density at radius 1 is 0.366 bits per heavy atom. The summed E-state index contributed by atoms with van der Waals surface area (Å²) in [5.74, 6) is -0.278. The number of nitrogens with one attached hydrogen (secondary N) is 1. The summed E-state index contributed by atoms with van der Waals surface area (Å²) in [6, 6.07) is -0.980. The average molecular weight is 1440 g/mol. The molecule has 0 aliphatic carbocycles. The van der Waals surface area contributed by atoms with Crippen LogP contribution in [0.3, 0.4) is 0 Å². The minimum atomic E-state index is -1.98. The van der Waals surface area contributed by atoms with Crippen molar-refractivity contribution in [1.29, 1.82) is 0 Å². The molecule has 3 aliphatic rings. The Morgan fingerprint density at radius 2 is 0.683 bits per heavy atom. The quantitative estimate of drug-likeness (QED) is 0.0199. The molecule has 19 heteroatoms. The van der Waals surface area contributed by atoms with E-state index in [1.165, 1.54) is 212 Å². The smallest absolute Gasteiger partial charge is 0.220 e. The van der Waals surface area contributed by atoms with Crippen LogP contribution in [0.5, 0.6) is 0 Å². The molecular formula is C82H149NO18. The van der Waals surface area contributed by atoms with Gasteiger partial charge in [-0.3, -0.25) is 4.79 Å². The molecule has 0 bridgehead atoms. The van der Waals surface area contributed by atoms with Crippen LogP contribution in [0.15, 0.2) is 60.8 Å². The number of carbonyl (C=O) groups excluding carboxylic acids is 1. The van der Waals surface area contributed by atoms with Gasteiger partial charge in [0.15, 0.2) is 18.9 Å². The summed E-state index contributed by atoms with van der Waals surface area (Å²) in [7, 11) is 0. The van der Waals surface area contributed by atoms with E-state index in [0.29, 0.717) is 6.42 Å². The second-order valence-corrected chi connectivity index (χ2v) is 29.2. The molecule has 0 radical (unpaired) electrons. The summed E-state index contributed by atoms with van der Waals surface area (Å²) >= 11 is 0. The van der Waals surface area contributed by atoms with Gasteiger partial charge in [0, 0.05) is 6.42 Å². The number of unbranched alkanes of at least 4 members (excludes halogenated alkanes) is 41. The van der Waals surface area contributed by atoms with Crippen molar-refractivity contribution in [2.24, 2.45) is 0 Å². The fourth-order valence-corrected chi connectivity index (χ4v) is 13.8. The number of aliphatic hydroxyl groups excluding tert-OH is 11. The maximum absolute atomic E-state index is 13.5. The summed E-state index contributed by atoms with van der Waals surface area (Å²) in [4.78, 5) is 13.5. The number of ether oxygens (including phenoxy) is 6. The van der Waals surface area contributed by atoms with Crippen molar-refractivity contribution in [2.75, 3.05) is 26.4 Å². The molecule has 3 rings (SSSR count). The first-order chi connectivity index (χ1) is 49.3. The van der Waals surface area contributed by atoms with Crippen LogP contribution in [0.2, 0.25) is 0 Å². The maximum Gasteiger partial charge on any atom is 0.220 e. The van der Waals surface area contributed by atoms with E-state index >= 15 is 0 Å². The van der Waals surface area contributed by atoms with Gasteiger partial charge in [0.2, 0.25) is 5.91 Å². The van der Waals surface area contributed by atoms with Crippen LogP contribution < -0.4 is 5.32 Å². The number of allylic oxidation sites excluding steroid dienone is 9. The third kappa shape index (κ3) is 42.6. The number of hydrogen-bond acceptors (Lipinski definition) is 18. The van der Waals surface area contributed by atoms with Crippen LogP contribution in [0.1, 0.15) is 322 Å². The molecule has 12 N–H and O–H groups in total. The van der Waals surface area contributed by atoms with Crippen LogP contribution in [0, 0.1) is 0 Å². The lowest BCUT2D eigenvalue weighted by Gasteiger charge is -2.48. The molecule has 0 saturated carbocycles. The van der Waals surface area contributed by atoms with Crippen molar-refractivity contribution < 1.29 is 89.4 Å². The summed E-state index contributed by atoms with van der Waals surface area (Å²) in [6.45, 7) is 1.66. The van der Waals surface area contributed by atoms with E-state index in [4.69, 9.17) is 28.4 Å². The van der Waals surface area contributed by atoms with Gasteiger partial charge < -0.3 is 89.9 Å². The number of rotatable bonds is 65. The van der Waals surface area contributed by atoms with Gasteiger partial charge in [0.25, 0.3) is 0 Å². The molecule has 0 aromatic heterocycles. The Bertz CT molecular complexity index is 2060. The SMILES string of the molecule is CC/C=C\C/C=C\C/C=C\C/C=C\CCCCCCCCCCCCC(=O)NC(COC1OC(CO)C(OC2OC(CO)C(OC3OC(CO)C(O)C(O)C3O)C(O)C2O)C(O)C1O)C(O)/C=C/CCCCCCCCCCCCCCCCCCCCCCCCCCCCCCCCC.